The molecule has 19 heteroatoms. The molecule has 14 heterocycles. The van der Waals surface area contributed by atoms with Gasteiger partial charge in [-0.2, -0.15) is 0 Å². The highest BCUT2D eigenvalue weighted by atomic mass is 79.9. The number of carbonyl (C=O) groups is 4. The van der Waals surface area contributed by atoms with Gasteiger partial charge in [0.1, 0.15) is 9.75 Å². The summed E-state index contributed by atoms with van der Waals surface area (Å²) in [6.07, 6.45) is 3.82. The molecule has 2 aliphatic heterocycles. The van der Waals surface area contributed by atoms with Crippen LogP contribution in [0, 0.1) is 41.5 Å². The van der Waals surface area contributed by atoms with Crippen LogP contribution in [0.1, 0.15) is 95.0 Å². The number of amides is 4. The third-order valence-electron chi connectivity index (χ3n) is 16.1. The van der Waals surface area contributed by atoms with Crippen molar-refractivity contribution in [2.45, 2.75) is 67.2 Å². The summed E-state index contributed by atoms with van der Waals surface area (Å²) in [6, 6.07) is 27.6. The summed E-state index contributed by atoms with van der Waals surface area (Å²) < 4.78 is 6.92. The minimum atomic E-state index is -0.234. The van der Waals surface area contributed by atoms with Crippen LogP contribution >= 0.6 is 152 Å². The quantitative estimate of drug-likeness (QED) is 0.0655. The molecule has 14 aromatic rings. The highest BCUT2D eigenvalue weighted by molar-refractivity contribution is 9.09. The Labute approximate surface area is 539 Å². The van der Waals surface area contributed by atoms with Gasteiger partial charge in [0.05, 0.1) is 35.2 Å². The molecule has 16 rings (SSSR count). The highest BCUT2D eigenvalue weighted by Gasteiger charge is 2.43. The van der Waals surface area contributed by atoms with Crippen LogP contribution in [0.25, 0.3) is 132 Å². The summed E-state index contributed by atoms with van der Waals surface area (Å²) in [4.78, 5) is 79.7. The van der Waals surface area contributed by atoms with E-state index in [1.165, 1.54) is 128 Å². The number of benzene rings is 2. The van der Waals surface area contributed by atoms with E-state index in [9.17, 15) is 14.4 Å². The molecule has 0 fully saturated rings. The van der Waals surface area contributed by atoms with Gasteiger partial charge in [0.25, 0.3) is 23.6 Å². The number of fused-ring (bicyclic) bond motifs is 12. The lowest BCUT2D eigenvalue weighted by atomic mass is 9.99. The zero-order valence-corrected chi connectivity index (χ0v) is 57.4. The molecule has 0 saturated heterocycles. The van der Waals surface area contributed by atoms with Crippen LogP contribution in [-0.4, -0.2) is 52.4 Å². The van der Waals surface area contributed by atoms with Crippen LogP contribution in [0.15, 0.2) is 72.8 Å². The number of imide groups is 2. The van der Waals surface area contributed by atoms with Crippen LogP contribution in [0.4, 0.5) is 0 Å². The normalized spacial score (nSPS) is 13.8. The lowest BCUT2D eigenvalue weighted by molar-refractivity contribution is 0.0648. The fraction of sp³-hybridized carbons (Fsp3) is 0.200. The Hall–Kier alpha value is -4.84. The summed E-state index contributed by atoms with van der Waals surface area (Å²) in [7, 11) is 1.57. The van der Waals surface area contributed by atoms with Crippen molar-refractivity contribution in [3.05, 3.63) is 123 Å². The Bertz CT molecular complexity index is 5210. The van der Waals surface area contributed by atoms with E-state index in [-0.39, 0.29) is 23.6 Å². The van der Waals surface area contributed by atoms with Gasteiger partial charge in [-0.05, 0) is 127 Å². The maximum absolute atomic E-state index is 15.2. The molecule has 2 aliphatic rings. The number of carbonyl (C=O) groups excluding carboxylic acids is 4. The van der Waals surface area contributed by atoms with Gasteiger partial charge in [-0.25, -0.2) is 0 Å². The lowest BCUT2D eigenvalue weighted by Crippen LogP contribution is -2.30. The van der Waals surface area contributed by atoms with Gasteiger partial charge < -0.3 is 0 Å². The number of halogens is 1. The summed E-state index contributed by atoms with van der Waals surface area (Å²) >= 11 is 24.7. The third-order valence-corrected chi connectivity index (χ3v) is 30.7. The molecule has 0 saturated carbocycles. The number of alkyl halides is 1. The van der Waals surface area contributed by atoms with Gasteiger partial charge in [0.2, 0.25) is 0 Å². The highest BCUT2D eigenvalue weighted by Crippen LogP contribution is 2.61. The van der Waals surface area contributed by atoms with Gasteiger partial charge in [0.15, 0.2) is 0 Å². The van der Waals surface area contributed by atoms with Gasteiger partial charge in [-0.1, -0.05) is 28.8 Å². The Morgan fingerprint density at radius 2 is 0.774 bits per heavy atom. The van der Waals surface area contributed by atoms with Crippen molar-refractivity contribution in [2.24, 2.45) is 0 Å². The van der Waals surface area contributed by atoms with Crippen LogP contribution in [-0.2, 0) is 0 Å². The minimum Gasteiger partial charge on any atom is -0.277 e. The Morgan fingerprint density at radius 1 is 0.345 bits per heavy atom. The molecule has 4 amide bonds. The van der Waals surface area contributed by atoms with E-state index < -0.39 is 0 Å². The fourth-order valence-electron chi connectivity index (χ4n) is 12.3. The minimum absolute atomic E-state index is 0.179. The van der Waals surface area contributed by atoms with E-state index in [0.29, 0.717) is 27.4 Å². The first kappa shape index (κ1) is 54.5. The fourth-order valence-corrected chi connectivity index (χ4v) is 27.3. The molecule has 0 unspecified atom stereocenters. The van der Waals surface area contributed by atoms with Crippen molar-refractivity contribution in [1.29, 1.82) is 0 Å². The van der Waals surface area contributed by atoms with E-state index in [1.807, 2.05) is 68.0 Å². The molecule has 0 atom stereocenters. The largest absolute Gasteiger partial charge is 0.277 e. The molecule has 6 nitrogen and oxygen atoms in total. The van der Waals surface area contributed by atoms with Crippen molar-refractivity contribution >= 4 is 236 Å². The van der Waals surface area contributed by atoms with Crippen molar-refractivity contribution in [2.75, 3.05) is 18.9 Å². The van der Waals surface area contributed by atoms with E-state index in [1.54, 1.807) is 52.4 Å². The number of thiophene rings is 12. The molecule has 0 N–H and O–H groups in total. The zero-order valence-electron chi connectivity index (χ0n) is 46.0. The van der Waals surface area contributed by atoms with Crippen molar-refractivity contribution in [3.8, 4) is 71.0 Å². The monoisotopic (exact) mass is 1380 g/mol. The van der Waals surface area contributed by atoms with Gasteiger partial charge in [0, 0.05) is 156 Å². The molecular formula is C65H45BrN2O4S12. The summed E-state index contributed by atoms with van der Waals surface area (Å²) in [5.41, 5.74) is 6.09. The Balaban J connectivity index is 0.964. The van der Waals surface area contributed by atoms with E-state index in [0.717, 1.165) is 96.1 Å². The summed E-state index contributed by atoms with van der Waals surface area (Å²) in [5.74, 6) is -0.832. The van der Waals surface area contributed by atoms with Gasteiger partial charge in [-0.15, -0.1) is 136 Å². The first-order valence-electron chi connectivity index (χ1n) is 27.3. The molecule has 2 aromatic carbocycles. The maximum atomic E-state index is 15.2. The molecule has 0 bridgehead atoms. The second kappa shape index (κ2) is 20.4. The second-order valence-electron chi connectivity index (χ2n) is 21.6. The smallest absolute Gasteiger partial charge is 0.271 e. The molecule has 0 radical (unpaired) electrons. The first-order chi connectivity index (χ1) is 40.6. The van der Waals surface area contributed by atoms with Crippen LogP contribution in [0.2, 0.25) is 0 Å². The average Bonchev–Trinajstić information content (AvgIpc) is 1.85. The molecular weight excluding hydrogens is 1340 g/mol. The van der Waals surface area contributed by atoms with Crippen molar-refractivity contribution in [1.82, 2.24) is 9.80 Å². The SMILES string of the molecule is Cc1ccc(-c2c(-c3ccc(C)s3)c3sc(-c4sc(-c5cc6c(s5)c(-c5ccc(C)s5)c(-c5ccc(C)s5)c5sc(-c7sc(C)c8c9c(sc78)C(=O)N(C)C9=O)cc56)c5c6c(sc45)C(=O)N(CCCCCCBr)C6=O)cc3c3cc(C)sc23)s1. The average molecular weight is 1380 g/mol. The van der Waals surface area contributed by atoms with Crippen molar-refractivity contribution in [3.63, 3.8) is 0 Å². The third kappa shape index (κ3) is 8.16. The second-order valence-corrected chi connectivity index (χ2v) is 36.2. The lowest BCUT2D eigenvalue weighted by Gasteiger charge is -2.13. The number of nitrogens with zero attached hydrogens (tertiary/aromatic N) is 2. The molecule has 12 aromatic heterocycles. The van der Waals surface area contributed by atoms with Crippen LogP contribution in [0.3, 0.4) is 0 Å². The zero-order chi connectivity index (χ0) is 57.5. The molecule has 0 aliphatic carbocycles. The topological polar surface area (TPSA) is 74.8 Å². The predicted molar refractivity (Wildman–Crippen MR) is 377 cm³/mol. The number of unbranched alkanes of at least 4 members (excludes halogenated alkanes) is 3. The number of aryl methyl sites for hydroxylation is 6. The predicted octanol–water partition coefficient (Wildman–Crippen LogP) is 23.6. The Morgan fingerprint density at radius 3 is 1.26 bits per heavy atom. The van der Waals surface area contributed by atoms with E-state index in [2.05, 4.69) is 130 Å². The van der Waals surface area contributed by atoms with Crippen molar-refractivity contribution < 1.29 is 19.2 Å². The maximum Gasteiger partial charge on any atom is 0.271 e. The van der Waals surface area contributed by atoms with Crippen LogP contribution in [0.5, 0.6) is 0 Å². The molecule has 84 heavy (non-hydrogen) atoms. The number of hydrogen-bond acceptors (Lipinski definition) is 16. The molecule has 418 valence electrons. The standard InChI is InChI=1S/C65H45BrN2O4S12/c1-26-12-16-36(73-26)44-45(37-17-13-27(2)74-37)52-33(32-22-30(5)77-51(32)44)24-42(81-52)57-59-48(50-61(84-59)65(72)68(63(50)70)21-11-9-8-10-20-66)55(82-57)40-23-34-35-25-41(56-58-43(31(6)78-56)49-60(83-58)64(71)67(7)62(49)69)80-54(35)47(39-19-15-29(4)76-39)46(53(34)79-40)38-18-14-28(3)75-38/h12-19,22-25H,8-11,20-21H2,1-7H3. The van der Waals surface area contributed by atoms with Gasteiger partial charge in [-0.3, -0.25) is 29.0 Å². The summed E-state index contributed by atoms with van der Waals surface area (Å²) in [5, 5.41) is 7.51. The number of rotatable bonds is 13. The Kier molecular flexibility index (Phi) is 13.2. The van der Waals surface area contributed by atoms with Gasteiger partial charge >= 0.3 is 0 Å². The van der Waals surface area contributed by atoms with Crippen LogP contribution < -0.4 is 0 Å². The summed E-state index contributed by atoms with van der Waals surface area (Å²) in [6.45, 7) is 13.4. The first-order valence-corrected chi connectivity index (χ1v) is 38.3. The molecule has 0 spiro atoms. The number of hydrogen-bond donors (Lipinski definition) is 0. The van der Waals surface area contributed by atoms with E-state index in [4.69, 9.17) is 0 Å². The van der Waals surface area contributed by atoms with E-state index >= 15 is 4.79 Å².